The lowest BCUT2D eigenvalue weighted by Gasteiger charge is -2.34. The van der Waals surface area contributed by atoms with E-state index in [2.05, 4.69) is 16.3 Å². The predicted molar refractivity (Wildman–Crippen MR) is 98.2 cm³/mol. The number of hydrogen-bond donors (Lipinski definition) is 1. The van der Waals surface area contributed by atoms with Gasteiger partial charge in [0.25, 0.3) is 0 Å². The molecule has 1 N–H and O–H groups in total. The third kappa shape index (κ3) is 3.60. The van der Waals surface area contributed by atoms with Gasteiger partial charge in [0.2, 0.25) is 0 Å². The molecule has 1 unspecified atom stereocenters. The molecule has 2 aromatic rings. The van der Waals surface area contributed by atoms with Crippen LogP contribution >= 0.6 is 0 Å². The van der Waals surface area contributed by atoms with E-state index < -0.39 is 0 Å². The molecule has 2 heterocycles. The minimum atomic E-state index is -0.352. The van der Waals surface area contributed by atoms with Crippen molar-refractivity contribution in [2.45, 2.75) is 6.10 Å². The average molecular weight is 354 g/mol. The van der Waals surface area contributed by atoms with Crippen LogP contribution in [0.15, 0.2) is 48.5 Å². The first-order valence-electron chi connectivity index (χ1n) is 8.91. The van der Waals surface area contributed by atoms with Crippen molar-refractivity contribution in [3.05, 3.63) is 54.1 Å². The van der Waals surface area contributed by atoms with E-state index in [0.717, 1.165) is 37.6 Å². The minimum absolute atomic E-state index is 0.158. The van der Waals surface area contributed by atoms with Crippen LogP contribution in [0.5, 0.6) is 11.5 Å². The van der Waals surface area contributed by atoms with Gasteiger partial charge in [0.05, 0.1) is 11.3 Å². The molecule has 6 nitrogen and oxygen atoms in total. The van der Waals surface area contributed by atoms with E-state index >= 15 is 0 Å². The molecular weight excluding hydrogens is 332 g/mol. The Kier molecular flexibility index (Phi) is 4.93. The van der Waals surface area contributed by atoms with Crippen molar-refractivity contribution in [3.63, 3.8) is 0 Å². The van der Waals surface area contributed by atoms with Crippen molar-refractivity contribution >= 4 is 11.7 Å². The molecule has 2 aliphatic heterocycles. The van der Waals surface area contributed by atoms with Crippen molar-refractivity contribution in [1.82, 2.24) is 5.32 Å². The second kappa shape index (κ2) is 7.66. The maximum atomic E-state index is 12.1. The third-order valence-corrected chi connectivity index (χ3v) is 4.53. The largest absolute Gasteiger partial charge is 0.484 e. The molecule has 0 spiro atoms. The number of esters is 1. The van der Waals surface area contributed by atoms with E-state index in [4.69, 9.17) is 14.2 Å². The summed E-state index contributed by atoms with van der Waals surface area (Å²) in [6, 6.07) is 14.9. The minimum Gasteiger partial charge on any atom is -0.484 e. The highest BCUT2D eigenvalue weighted by molar-refractivity contribution is 5.89. The molecule has 6 heteroatoms. The molecular formula is C20H22N2O4. The number of carbonyl (C=O) groups is 1. The number of hydrogen-bond acceptors (Lipinski definition) is 6. The van der Waals surface area contributed by atoms with Gasteiger partial charge < -0.3 is 24.4 Å². The predicted octanol–water partition coefficient (Wildman–Crippen LogP) is 2.09. The monoisotopic (exact) mass is 354 g/mol. The van der Waals surface area contributed by atoms with Gasteiger partial charge in [-0.05, 0) is 24.3 Å². The molecule has 26 heavy (non-hydrogen) atoms. The number of benzene rings is 2. The van der Waals surface area contributed by atoms with Gasteiger partial charge in [0.15, 0.2) is 17.6 Å². The van der Waals surface area contributed by atoms with Crippen molar-refractivity contribution in [3.8, 4) is 11.5 Å². The number of rotatable bonds is 4. The van der Waals surface area contributed by atoms with Crippen LogP contribution in [0.1, 0.15) is 10.4 Å². The maximum Gasteiger partial charge on any atom is 0.338 e. The molecule has 0 bridgehead atoms. The van der Waals surface area contributed by atoms with Gasteiger partial charge in [-0.25, -0.2) is 4.79 Å². The molecule has 0 aliphatic carbocycles. The number of fused-ring (bicyclic) bond motifs is 1. The number of para-hydroxylation sites is 1. The number of nitrogens with one attached hydrogen (secondary N) is 1. The molecule has 0 amide bonds. The fourth-order valence-corrected chi connectivity index (χ4v) is 3.20. The SMILES string of the molecule is O=C(OCC1COc2c(cccc2N2CCNCC2)O1)c1ccccc1. The summed E-state index contributed by atoms with van der Waals surface area (Å²) in [5, 5.41) is 3.35. The van der Waals surface area contributed by atoms with Crippen LogP contribution in [0.4, 0.5) is 5.69 Å². The Labute approximate surface area is 152 Å². The van der Waals surface area contributed by atoms with Crippen LogP contribution in [-0.4, -0.2) is 51.5 Å². The van der Waals surface area contributed by atoms with Gasteiger partial charge in [-0.1, -0.05) is 24.3 Å². The van der Waals surface area contributed by atoms with Crippen LogP contribution in [0.25, 0.3) is 0 Å². The molecule has 1 fully saturated rings. The Morgan fingerprint density at radius 2 is 1.92 bits per heavy atom. The van der Waals surface area contributed by atoms with Gasteiger partial charge >= 0.3 is 5.97 Å². The van der Waals surface area contributed by atoms with E-state index in [1.165, 1.54) is 0 Å². The standard InChI is InChI=1S/C20H22N2O4/c23-20(15-5-2-1-3-6-15)25-14-16-13-24-19-17(7-4-8-18(19)26-16)22-11-9-21-10-12-22/h1-8,16,21H,9-14H2. The van der Waals surface area contributed by atoms with E-state index in [1.54, 1.807) is 12.1 Å². The number of carbonyl (C=O) groups excluding carboxylic acids is 1. The smallest absolute Gasteiger partial charge is 0.338 e. The molecule has 1 atom stereocenters. The van der Waals surface area contributed by atoms with Crippen LogP contribution in [0, 0.1) is 0 Å². The van der Waals surface area contributed by atoms with E-state index in [0.29, 0.717) is 17.9 Å². The quantitative estimate of drug-likeness (QED) is 0.849. The van der Waals surface area contributed by atoms with Crippen molar-refractivity contribution < 1.29 is 19.0 Å². The van der Waals surface area contributed by atoms with Gasteiger partial charge in [0, 0.05) is 26.2 Å². The highest BCUT2D eigenvalue weighted by atomic mass is 16.6. The van der Waals surface area contributed by atoms with Crippen LogP contribution < -0.4 is 19.7 Å². The average Bonchev–Trinajstić information content (AvgIpc) is 2.72. The van der Waals surface area contributed by atoms with E-state index in [-0.39, 0.29) is 18.7 Å². The zero-order valence-electron chi connectivity index (χ0n) is 14.5. The summed E-state index contributed by atoms with van der Waals surface area (Å²) < 4.78 is 17.4. The number of piperazine rings is 1. The van der Waals surface area contributed by atoms with Gasteiger partial charge in [-0.2, -0.15) is 0 Å². The first-order chi connectivity index (χ1) is 12.8. The van der Waals surface area contributed by atoms with Gasteiger partial charge in [-0.15, -0.1) is 0 Å². The van der Waals surface area contributed by atoms with Crippen LogP contribution in [0.2, 0.25) is 0 Å². The Bertz CT molecular complexity index is 760. The Balaban J connectivity index is 1.39. The number of anilines is 1. The topological polar surface area (TPSA) is 60.0 Å². The summed E-state index contributed by atoms with van der Waals surface area (Å²) in [6.45, 7) is 4.32. The summed E-state index contributed by atoms with van der Waals surface area (Å²) >= 11 is 0. The summed E-state index contributed by atoms with van der Waals surface area (Å²) in [5.74, 6) is 1.13. The Hall–Kier alpha value is -2.73. The van der Waals surface area contributed by atoms with Crippen LogP contribution in [0.3, 0.4) is 0 Å². The van der Waals surface area contributed by atoms with Gasteiger partial charge in [-0.3, -0.25) is 0 Å². The molecule has 2 aromatic carbocycles. The highest BCUT2D eigenvalue weighted by Crippen LogP contribution is 2.40. The lowest BCUT2D eigenvalue weighted by molar-refractivity contribution is 0.0111. The molecule has 0 aromatic heterocycles. The molecule has 0 saturated carbocycles. The summed E-state index contributed by atoms with van der Waals surface area (Å²) in [4.78, 5) is 14.4. The Morgan fingerprint density at radius 1 is 1.12 bits per heavy atom. The second-order valence-corrected chi connectivity index (χ2v) is 6.36. The molecule has 2 aliphatic rings. The van der Waals surface area contributed by atoms with Crippen LogP contribution in [-0.2, 0) is 4.74 Å². The van der Waals surface area contributed by atoms with Crippen molar-refractivity contribution in [2.24, 2.45) is 0 Å². The maximum absolute atomic E-state index is 12.1. The first-order valence-corrected chi connectivity index (χ1v) is 8.91. The number of nitrogens with zero attached hydrogens (tertiary/aromatic N) is 1. The fraction of sp³-hybridized carbons (Fsp3) is 0.350. The number of ether oxygens (including phenoxy) is 3. The Morgan fingerprint density at radius 3 is 2.73 bits per heavy atom. The summed E-state index contributed by atoms with van der Waals surface area (Å²) in [5.41, 5.74) is 1.59. The first kappa shape index (κ1) is 16.7. The van der Waals surface area contributed by atoms with Crippen molar-refractivity contribution in [2.75, 3.05) is 44.3 Å². The van der Waals surface area contributed by atoms with E-state index in [9.17, 15) is 4.79 Å². The zero-order valence-corrected chi connectivity index (χ0v) is 14.5. The lowest BCUT2D eigenvalue weighted by atomic mass is 10.2. The molecule has 4 rings (SSSR count). The molecule has 136 valence electrons. The van der Waals surface area contributed by atoms with Gasteiger partial charge in [0.1, 0.15) is 13.2 Å². The lowest BCUT2D eigenvalue weighted by Crippen LogP contribution is -2.44. The normalized spacial score (nSPS) is 19.1. The molecule has 0 radical (unpaired) electrons. The second-order valence-electron chi connectivity index (χ2n) is 6.36. The van der Waals surface area contributed by atoms with E-state index in [1.807, 2.05) is 30.3 Å². The highest BCUT2D eigenvalue weighted by Gasteiger charge is 2.27. The van der Waals surface area contributed by atoms with Crippen molar-refractivity contribution in [1.29, 1.82) is 0 Å². The summed E-state index contributed by atoms with van der Waals surface area (Å²) in [7, 11) is 0. The summed E-state index contributed by atoms with van der Waals surface area (Å²) in [6.07, 6.45) is -0.312. The third-order valence-electron chi connectivity index (χ3n) is 4.53. The molecule has 1 saturated heterocycles. The fourth-order valence-electron chi connectivity index (χ4n) is 3.20. The zero-order chi connectivity index (χ0) is 17.8.